The van der Waals surface area contributed by atoms with Crippen molar-refractivity contribution in [3.8, 4) is 0 Å². The number of benzene rings is 2. The van der Waals surface area contributed by atoms with Crippen LogP contribution in [0.1, 0.15) is 30.0 Å². The van der Waals surface area contributed by atoms with E-state index in [0.29, 0.717) is 5.92 Å². The molecule has 0 saturated carbocycles. The van der Waals surface area contributed by atoms with Gasteiger partial charge in [0.2, 0.25) is 5.91 Å². The third-order valence-corrected chi connectivity index (χ3v) is 3.79. The van der Waals surface area contributed by atoms with E-state index in [-0.39, 0.29) is 11.9 Å². The van der Waals surface area contributed by atoms with Gasteiger partial charge in [0.15, 0.2) is 0 Å². The molecule has 2 unspecified atom stereocenters. The molecule has 1 aliphatic heterocycles. The normalized spacial score (nSPS) is 18.4. The molecule has 2 aromatic carbocycles. The predicted molar refractivity (Wildman–Crippen MR) is 80.7 cm³/mol. The van der Waals surface area contributed by atoms with Crippen molar-refractivity contribution >= 4 is 11.6 Å². The highest BCUT2D eigenvalue weighted by molar-refractivity contribution is 6.02. The number of nitrogens with one attached hydrogen (secondary N) is 2. The molecule has 1 heterocycles. The fourth-order valence-electron chi connectivity index (χ4n) is 2.61. The molecule has 0 fully saturated rings. The van der Waals surface area contributed by atoms with Crippen LogP contribution in [0.2, 0.25) is 0 Å². The summed E-state index contributed by atoms with van der Waals surface area (Å²) < 4.78 is 0. The Morgan fingerprint density at radius 2 is 1.80 bits per heavy atom. The van der Waals surface area contributed by atoms with Gasteiger partial charge in [-0.1, -0.05) is 55.5 Å². The fourth-order valence-corrected chi connectivity index (χ4v) is 2.61. The summed E-state index contributed by atoms with van der Waals surface area (Å²) in [5.74, 6) is 0.406. The van der Waals surface area contributed by atoms with E-state index in [9.17, 15) is 4.79 Å². The second-order valence-corrected chi connectivity index (χ2v) is 5.23. The number of amides is 1. The van der Waals surface area contributed by atoms with Gasteiger partial charge < -0.3 is 10.6 Å². The maximum absolute atomic E-state index is 12.0. The number of hydrogen-bond acceptors (Lipinski definition) is 2. The first-order valence-corrected chi connectivity index (χ1v) is 6.94. The fraction of sp³-hybridized carbons (Fsp3) is 0.235. The molecular formula is C17H18N2O. The Bertz CT molecular complexity index is 609. The first-order chi connectivity index (χ1) is 9.75. The largest absolute Gasteiger partial charge is 0.324 e. The van der Waals surface area contributed by atoms with Crippen LogP contribution in [0.4, 0.5) is 5.69 Å². The SMILES string of the molecule is CC(CNC1C(=O)Nc2ccccc21)c1ccccc1. The highest BCUT2D eigenvalue weighted by atomic mass is 16.2. The second kappa shape index (κ2) is 5.47. The van der Waals surface area contributed by atoms with E-state index in [2.05, 4.69) is 29.7 Å². The van der Waals surface area contributed by atoms with Gasteiger partial charge in [-0.2, -0.15) is 0 Å². The summed E-state index contributed by atoms with van der Waals surface area (Å²) in [6.45, 7) is 2.94. The van der Waals surface area contributed by atoms with Crippen molar-refractivity contribution in [3.05, 3.63) is 65.7 Å². The molecule has 0 aliphatic carbocycles. The Kier molecular flexibility index (Phi) is 3.52. The summed E-state index contributed by atoms with van der Waals surface area (Å²) in [5, 5.41) is 6.28. The van der Waals surface area contributed by atoms with Crippen LogP contribution in [0.25, 0.3) is 0 Å². The van der Waals surface area contributed by atoms with Gasteiger partial charge in [-0.05, 0) is 17.5 Å². The maximum Gasteiger partial charge on any atom is 0.246 e. The third-order valence-electron chi connectivity index (χ3n) is 3.79. The van der Waals surface area contributed by atoms with E-state index in [4.69, 9.17) is 0 Å². The average molecular weight is 266 g/mol. The third kappa shape index (κ3) is 2.45. The lowest BCUT2D eigenvalue weighted by molar-refractivity contribution is -0.117. The van der Waals surface area contributed by atoms with Gasteiger partial charge in [0, 0.05) is 17.8 Å². The van der Waals surface area contributed by atoms with Crippen LogP contribution in [0.15, 0.2) is 54.6 Å². The molecule has 3 nitrogen and oxygen atoms in total. The zero-order valence-corrected chi connectivity index (χ0v) is 11.5. The van der Waals surface area contributed by atoms with Crippen molar-refractivity contribution < 1.29 is 4.79 Å². The monoisotopic (exact) mass is 266 g/mol. The Morgan fingerprint density at radius 3 is 2.60 bits per heavy atom. The predicted octanol–water partition coefficient (Wildman–Crippen LogP) is 3.07. The number of carbonyl (C=O) groups is 1. The van der Waals surface area contributed by atoms with Crippen molar-refractivity contribution in [3.63, 3.8) is 0 Å². The average Bonchev–Trinajstić information content (AvgIpc) is 2.81. The van der Waals surface area contributed by atoms with Gasteiger partial charge in [-0.15, -0.1) is 0 Å². The van der Waals surface area contributed by atoms with Crippen molar-refractivity contribution in [1.82, 2.24) is 5.32 Å². The Balaban J connectivity index is 1.69. The number of para-hydroxylation sites is 1. The molecule has 0 spiro atoms. The summed E-state index contributed by atoms with van der Waals surface area (Å²) in [6.07, 6.45) is 0. The van der Waals surface area contributed by atoms with E-state index in [1.807, 2.05) is 42.5 Å². The van der Waals surface area contributed by atoms with Crippen LogP contribution in [0.3, 0.4) is 0 Å². The highest BCUT2D eigenvalue weighted by Crippen LogP contribution is 2.30. The van der Waals surface area contributed by atoms with Gasteiger partial charge in [-0.3, -0.25) is 4.79 Å². The van der Waals surface area contributed by atoms with Crippen molar-refractivity contribution in [1.29, 1.82) is 0 Å². The zero-order chi connectivity index (χ0) is 13.9. The topological polar surface area (TPSA) is 41.1 Å². The lowest BCUT2D eigenvalue weighted by Crippen LogP contribution is -2.30. The van der Waals surface area contributed by atoms with Crippen LogP contribution < -0.4 is 10.6 Å². The van der Waals surface area contributed by atoms with E-state index in [1.54, 1.807) is 0 Å². The first kappa shape index (κ1) is 12.9. The molecule has 2 aromatic rings. The molecule has 1 aliphatic rings. The van der Waals surface area contributed by atoms with Gasteiger partial charge in [0.05, 0.1) is 0 Å². The summed E-state index contributed by atoms with van der Waals surface area (Å²) in [4.78, 5) is 12.0. The number of rotatable bonds is 4. The number of carbonyl (C=O) groups excluding carboxylic acids is 1. The molecule has 0 bridgehead atoms. The van der Waals surface area contributed by atoms with E-state index >= 15 is 0 Å². The molecule has 0 radical (unpaired) electrons. The highest BCUT2D eigenvalue weighted by Gasteiger charge is 2.29. The van der Waals surface area contributed by atoms with Crippen molar-refractivity contribution in [2.45, 2.75) is 18.9 Å². The molecule has 3 heteroatoms. The van der Waals surface area contributed by atoms with Gasteiger partial charge >= 0.3 is 0 Å². The Morgan fingerprint density at radius 1 is 1.10 bits per heavy atom. The Hall–Kier alpha value is -2.13. The molecule has 2 atom stereocenters. The molecule has 2 N–H and O–H groups in total. The van der Waals surface area contributed by atoms with E-state index in [1.165, 1.54) is 5.56 Å². The summed E-state index contributed by atoms with van der Waals surface area (Å²) in [5.41, 5.74) is 3.24. The van der Waals surface area contributed by atoms with Crippen LogP contribution in [-0.4, -0.2) is 12.5 Å². The first-order valence-electron chi connectivity index (χ1n) is 6.94. The molecule has 20 heavy (non-hydrogen) atoms. The van der Waals surface area contributed by atoms with Crippen molar-refractivity contribution in [2.24, 2.45) is 0 Å². The summed E-state index contributed by atoms with van der Waals surface area (Å²) in [7, 11) is 0. The molecule has 102 valence electrons. The Labute approximate surface area is 119 Å². The quantitative estimate of drug-likeness (QED) is 0.893. The molecule has 0 aromatic heterocycles. The molecule has 1 amide bonds. The molecule has 3 rings (SSSR count). The van der Waals surface area contributed by atoms with E-state index in [0.717, 1.165) is 17.8 Å². The van der Waals surface area contributed by atoms with Crippen LogP contribution >= 0.6 is 0 Å². The van der Waals surface area contributed by atoms with Crippen LogP contribution in [0.5, 0.6) is 0 Å². The minimum atomic E-state index is -0.239. The van der Waals surface area contributed by atoms with E-state index < -0.39 is 0 Å². The van der Waals surface area contributed by atoms with Crippen LogP contribution in [-0.2, 0) is 4.79 Å². The van der Waals surface area contributed by atoms with Gasteiger partial charge in [-0.25, -0.2) is 0 Å². The zero-order valence-electron chi connectivity index (χ0n) is 11.5. The smallest absolute Gasteiger partial charge is 0.246 e. The summed E-state index contributed by atoms with van der Waals surface area (Å²) >= 11 is 0. The van der Waals surface area contributed by atoms with Gasteiger partial charge in [0.1, 0.15) is 6.04 Å². The summed E-state index contributed by atoms with van der Waals surface area (Å²) in [6, 6.07) is 18.0. The van der Waals surface area contributed by atoms with Crippen LogP contribution in [0, 0.1) is 0 Å². The lowest BCUT2D eigenvalue weighted by atomic mass is 10.0. The number of fused-ring (bicyclic) bond motifs is 1. The minimum Gasteiger partial charge on any atom is -0.324 e. The maximum atomic E-state index is 12.0. The number of anilines is 1. The lowest BCUT2D eigenvalue weighted by Gasteiger charge is -2.16. The molecular weight excluding hydrogens is 248 g/mol. The minimum absolute atomic E-state index is 0.0338. The van der Waals surface area contributed by atoms with Crippen molar-refractivity contribution in [2.75, 3.05) is 11.9 Å². The van der Waals surface area contributed by atoms with Gasteiger partial charge in [0.25, 0.3) is 0 Å². The second-order valence-electron chi connectivity index (χ2n) is 5.23. The number of hydrogen-bond donors (Lipinski definition) is 2. The molecule has 0 saturated heterocycles. The standard InChI is InChI=1S/C17H18N2O/c1-12(13-7-3-2-4-8-13)11-18-16-14-9-5-6-10-15(14)19-17(16)20/h2-10,12,16,18H,11H2,1H3,(H,19,20).